The van der Waals surface area contributed by atoms with Crippen LogP contribution in [0.15, 0.2) is 0 Å². The molecular weight excluding hydrogens is 301 g/mol. The maximum absolute atomic E-state index is 12.7. The van der Waals surface area contributed by atoms with Gasteiger partial charge < -0.3 is 0 Å². The van der Waals surface area contributed by atoms with E-state index >= 15 is 0 Å². The number of halogens is 3. The SMILES string of the molecule is CC1(C)[C@@H]2CC[C@]1(C)C(=O)N(c1n[nH]c(C(F)(F)F)n1)C2=O. The molecule has 6 nitrogen and oxygen atoms in total. The highest BCUT2D eigenvalue weighted by Crippen LogP contribution is 2.60. The fraction of sp³-hybridized carbons (Fsp3) is 0.692. The molecule has 0 unspecified atom stereocenters. The minimum atomic E-state index is -4.71. The highest BCUT2D eigenvalue weighted by Gasteiger charge is 2.65. The third kappa shape index (κ3) is 1.67. The van der Waals surface area contributed by atoms with Crippen molar-refractivity contribution in [1.29, 1.82) is 0 Å². The summed E-state index contributed by atoms with van der Waals surface area (Å²) in [6.07, 6.45) is -3.67. The summed E-state index contributed by atoms with van der Waals surface area (Å²) in [5.41, 5.74) is -1.36. The summed E-state index contributed by atoms with van der Waals surface area (Å²) < 4.78 is 37.8. The lowest BCUT2D eigenvalue weighted by atomic mass is 9.62. The van der Waals surface area contributed by atoms with Gasteiger partial charge in [0, 0.05) is 5.92 Å². The molecule has 3 rings (SSSR count). The lowest BCUT2D eigenvalue weighted by molar-refractivity contribution is -0.147. The Labute approximate surface area is 124 Å². The predicted molar refractivity (Wildman–Crippen MR) is 68.5 cm³/mol. The third-order valence-electron chi connectivity index (χ3n) is 5.36. The van der Waals surface area contributed by atoms with E-state index in [4.69, 9.17) is 0 Å². The van der Waals surface area contributed by atoms with E-state index in [1.807, 2.05) is 13.8 Å². The molecular formula is C13H15F3N4O2. The van der Waals surface area contributed by atoms with E-state index in [2.05, 4.69) is 10.1 Å². The fourth-order valence-corrected chi connectivity index (χ4v) is 3.49. The van der Waals surface area contributed by atoms with Crippen LogP contribution in [0.1, 0.15) is 39.4 Å². The molecule has 1 saturated heterocycles. The van der Waals surface area contributed by atoms with Crippen molar-refractivity contribution in [3.63, 3.8) is 0 Å². The standard InChI is InChI=1S/C13H15F3N4O2/c1-11(2)6-4-5-12(11,3)9(22)20(7(6)21)10-17-8(18-19-10)13(14,15)16/h6H,4-5H2,1-3H3,(H,17,18,19)/t6-,12-/m1/s1. The van der Waals surface area contributed by atoms with Crippen molar-refractivity contribution in [2.75, 3.05) is 4.90 Å². The maximum atomic E-state index is 12.7. The van der Waals surface area contributed by atoms with Crippen LogP contribution in [0.5, 0.6) is 0 Å². The summed E-state index contributed by atoms with van der Waals surface area (Å²) in [5, 5.41) is 5.15. The monoisotopic (exact) mass is 316 g/mol. The first-order valence-electron chi connectivity index (χ1n) is 6.88. The number of carbonyl (C=O) groups is 2. The zero-order valence-corrected chi connectivity index (χ0v) is 12.3. The topological polar surface area (TPSA) is 79.0 Å². The summed E-state index contributed by atoms with van der Waals surface area (Å²) >= 11 is 0. The summed E-state index contributed by atoms with van der Waals surface area (Å²) in [5.74, 6) is -3.36. The minimum absolute atomic E-state index is 0.428. The summed E-state index contributed by atoms with van der Waals surface area (Å²) in [6, 6.07) is 0. The molecule has 1 saturated carbocycles. The van der Waals surface area contributed by atoms with E-state index in [0.717, 1.165) is 0 Å². The summed E-state index contributed by atoms with van der Waals surface area (Å²) in [7, 11) is 0. The number of rotatable bonds is 1. The summed E-state index contributed by atoms with van der Waals surface area (Å²) in [4.78, 5) is 29.2. The molecule has 2 atom stereocenters. The second-order valence-electron chi connectivity index (χ2n) is 6.61. The van der Waals surface area contributed by atoms with Gasteiger partial charge in [-0.15, -0.1) is 5.10 Å². The number of aromatic amines is 1. The van der Waals surface area contributed by atoms with Gasteiger partial charge in [0.15, 0.2) is 0 Å². The molecule has 0 aromatic carbocycles. The molecule has 1 aliphatic carbocycles. The molecule has 1 aromatic rings. The van der Waals surface area contributed by atoms with Crippen molar-refractivity contribution in [2.24, 2.45) is 16.7 Å². The molecule has 2 bridgehead atoms. The molecule has 2 fully saturated rings. The Bertz CT molecular complexity index is 666. The second kappa shape index (κ2) is 4.08. The molecule has 22 heavy (non-hydrogen) atoms. The number of nitrogens with one attached hydrogen (secondary N) is 1. The van der Waals surface area contributed by atoms with Crippen molar-refractivity contribution in [3.05, 3.63) is 5.82 Å². The maximum Gasteiger partial charge on any atom is 0.451 e. The van der Waals surface area contributed by atoms with Gasteiger partial charge in [0.1, 0.15) is 0 Å². The summed E-state index contributed by atoms with van der Waals surface area (Å²) in [6.45, 7) is 5.43. The number of alkyl halides is 3. The van der Waals surface area contributed by atoms with E-state index in [1.165, 1.54) is 0 Å². The largest absolute Gasteiger partial charge is 0.451 e. The molecule has 9 heteroatoms. The highest BCUT2D eigenvalue weighted by atomic mass is 19.4. The van der Waals surface area contributed by atoms with Gasteiger partial charge in [-0.25, -0.2) is 4.90 Å². The van der Waals surface area contributed by atoms with Gasteiger partial charge in [-0.1, -0.05) is 20.8 Å². The lowest BCUT2D eigenvalue weighted by Crippen LogP contribution is -2.59. The van der Waals surface area contributed by atoms with E-state index in [0.29, 0.717) is 17.7 Å². The van der Waals surface area contributed by atoms with Crippen LogP contribution < -0.4 is 4.90 Å². The number of H-pyrrole nitrogens is 1. The normalized spacial score (nSPS) is 31.0. The molecule has 0 spiro atoms. The smallest absolute Gasteiger partial charge is 0.274 e. The Morgan fingerprint density at radius 3 is 2.45 bits per heavy atom. The fourth-order valence-electron chi connectivity index (χ4n) is 3.49. The van der Waals surface area contributed by atoms with Crippen LogP contribution in [-0.2, 0) is 15.8 Å². The average Bonchev–Trinajstić information content (AvgIpc) is 2.91. The lowest BCUT2D eigenvalue weighted by Gasteiger charge is -2.46. The van der Waals surface area contributed by atoms with Crippen LogP contribution in [0, 0.1) is 16.7 Å². The minimum Gasteiger partial charge on any atom is -0.274 e. The van der Waals surface area contributed by atoms with E-state index in [-0.39, 0.29) is 0 Å². The molecule has 0 radical (unpaired) electrons. The number of anilines is 1. The van der Waals surface area contributed by atoms with Crippen molar-refractivity contribution < 1.29 is 22.8 Å². The van der Waals surface area contributed by atoms with Crippen LogP contribution >= 0.6 is 0 Å². The number of hydrogen-bond acceptors (Lipinski definition) is 4. The highest BCUT2D eigenvalue weighted by molar-refractivity contribution is 6.19. The van der Waals surface area contributed by atoms with E-state index < -0.39 is 46.5 Å². The number of carbonyl (C=O) groups excluding carboxylic acids is 2. The van der Waals surface area contributed by atoms with Crippen molar-refractivity contribution in [2.45, 2.75) is 39.8 Å². The molecule has 2 aliphatic rings. The van der Waals surface area contributed by atoms with E-state index in [1.54, 1.807) is 12.0 Å². The van der Waals surface area contributed by atoms with Crippen LogP contribution in [0.3, 0.4) is 0 Å². The van der Waals surface area contributed by atoms with Crippen LogP contribution in [0.25, 0.3) is 0 Å². The first kappa shape index (κ1) is 15.0. The Hall–Kier alpha value is -1.93. The molecule has 1 N–H and O–H groups in total. The number of piperidine rings is 1. The number of amides is 2. The van der Waals surface area contributed by atoms with Gasteiger partial charge in [0.2, 0.25) is 17.6 Å². The first-order valence-corrected chi connectivity index (χ1v) is 6.88. The number of aromatic nitrogens is 3. The van der Waals surface area contributed by atoms with E-state index in [9.17, 15) is 22.8 Å². The third-order valence-corrected chi connectivity index (χ3v) is 5.36. The van der Waals surface area contributed by atoms with Crippen LogP contribution in [0.2, 0.25) is 0 Å². The van der Waals surface area contributed by atoms with Gasteiger partial charge in [-0.2, -0.15) is 18.2 Å². The van der Waals surface area contributed by atoms with Crippen LogP contribution in [0.4, 0.5) is 19.1 Å². The average molecular weight is 316 g/mol. The second-order valence-corrected chi connectivity index (χ2v) is 6.61. The van der Waals surface area contributed by atoms with Gasteiger partial charge in [-0.05, 0) is 18.3 Å². The molecule has 120 valence electrons. The first-order chi connectivity index (χ1) is 10.00. The zero-order chi connectivity index (χ0) is 16.5. The number of imide groups is 1. The molecule has 1 aromatic heterocycles. The van der Waals surface area contributed by atoms with Crippen molar-refractivity contribution in [3.8, 4) is 0 Å². The van der Waals surface area contributed by atoms with Crippen LogP contribution in [-0.4, -0.2) is 27.0 Å². The number of hydrogen-bond donors (Lipinski definition) is 1. The predicted octanol–water partition coefficient (Wildman–Crippen LogP) is 2.14. The zero-order valence-electron chi connectivity index (χ0n) is 12.3. The molecule has 2 heterocycles. The van der Waals surface area contributed by atoms with Gasteiger partial charge in [0.25, 0.3) is 5.95 Å². The van der Waals surface area contributed by atoms with Crippen molar-refractivity contribution in [1.82, 2.24) is 15.2 Å². The van der Waals surface area contributed by atoms with Gasteiger partial charge in [-0.3, -0.25) is 14.7 Å². The Balaban J connectivity index is 2.05. The number of fused-ring (bicyclic) bond motifs is 2. The number of nitrogens with zero attached hydrogens (tertiary/aromatic N) is 3. The van der Waals surface area contributed by atoms with Gasteiger partial charge in [0.05, 0.1) is 5.41 Å². The van der Waals surface area contributed by atoms with Gasteiger partial charge >= 0.3 is 6.18 Å². The van der Waals surface area contributed by atoms with Crippen molar-refractivity contribution >= 4 is 17.8 Å². The molecule has 2 amide bonds. The Morgan fingerprint density at radius 2 is 1.91 bits per heavy atom. The molecule has 1 aliphatic heterocycles. The Kier molecular flexibility index (Phi) is 2.78. The quantitative estimate of drug-likeness (QED) is 0.805. The Morgan fingerprint density at radius 1 is 1.27 bits per heavy atom.